The highest BCUT2D eigenvalue weighted by atomic mass is 35.5. The van der Waals surface area contributed by atoms with Gasteiger partial charge in [-0.3, -0.25) is 4.79 Å². The van der Waals surface area contributed by atoms with E-state index in [-0.39, 0.29) is 23.6 Å². The summed E-state index contributed by atoms with van der Waals surface area (Å²) >= 11 is 13.6. The van der Waals surface area contributed by atoms with E-state index in [0.29, 0.717) is 5.02 Å². The van der Waals surface area contributed by atoms with Crippen LogP contribution in [-0.4, -0.2) is 27.9 Å². The third kappa shape index (κ3) is 4.93. The van der Waals surface area contributed by atoms with Crippen LogP contribution < -0.4 is 0 Å². The van der Waals surface area contributed by atoms with Crippen molar-refractivity contribution in [3.05, 3.63) is 92.1 Å². The molecule has 1 unspecified atom stereocenters. The average molecular weight is 434 g/mol. The van der Waals surface area contributed by atoms with Crippen molar-refractivity contribution < 1.29 is 14.7 Å². The van der Waals surface area contributed by atoms with Crippen LogP contribution in [0.15, 0.2) is 65.4 Å². The van der Waals surface area contributed by atoms with E-state index in [2.05, 4.69) is 0 Å². The highest BCUT2D eigenvalue weighted by Gasteiger charge is 2.31. The van der Waals surface area contributed by atoms with Crippen molar-refractivity contribution in [1.29, 1.82) is 0 Å². The van der Waals surface area contributed by atoms with E-state index in [0.717, 1.165) is 11.1 Å². The van der Waals surface area contributed by atoms with Gasteiger partial charge in [0.2, 0.25) is 0 Å². The Morgan fingerprint density at radius 1 is 1.04 bits per heavy atom. The molecular formula is C21H17Cl2NO3S. The van der Waals surface area contributed by atoms with Gasteiger partial charge in [-0.1, -0.05) is 53.5 Å². The van der Waals surface area contributed by atoms with Gasteiger partial charge in [0.1, 0.15) is 6.04 Å². The van der Waals surface area contributed by atoms with Crippen LogP contribution in [0, 0.1) is 0 Å². The Morgan fingerprint density at radius 3 is 2.39 bits per heavy atom. The van der Waals surface area contributed by atoms with Gasteiger partial charge in [-0.25, -0.2) is 4.79 Å². The zero-order valence-corrected chi connectivity index (χ0v) is 17.0. The first kappa shape index (κ1) is 20.4. The van der Waals surface area contributed by atoms with Crippen LogP contribution >= 0.6 is 34.5 Å². The monoisotopic (exact) mass is 433 g/mol. The van der Waals surface area contributed by atoms with E-state index < -0.39 is 17.9 Å². The number of hydrogen-bond acceptors (Lipinski definition) is 3. The summed E-state index contributed by atoms with van der Waals surface area (Å²) in [6.07, 6.45) is 0.192. The largest absolute Gasteiger partial charge is 0.480 e. The Balaban J connectivity index is 1.98. The Bertz CT molecular complexity index is 961. The maximum absolute atomic E-state index is 13.3. The standard InChI is InChI=1S/C21H17Cl2NO3S/c22-16-6-7-17(18(23)11-16)20(25)24(12-15-8-9-28-13-15)19(21(26)27)10-14-4-2-1-3-5-14/h1-9,11,13,19H,10,12H2,(H,26,27). The molecule has 0 aliphatic rings. The Labute approximate surface area is 176 Å². The number of carbonyl (C=O) groups excluding carboxylic acids is 1. The van der Waals surface area contributed by atoms with E-state index in [1.165, 1.54) is 28.4 Å². The molecule has 3 aromatic rings. The number of carboxylic acid groups (broad SMARTS) is 1. The van der Waals surface area contributed by atoms with E-state index in [1.54, 1.807) is 6.07 Å². The van der Waals surface area contributed by atoms with Crippen LogP contribution in [-0.2, 0) is 17.8 Å². The van der Waals surface area contributed by atoms with E-state index in [9.17, 15) is 14.7 Å². The summed E-state index contributed by atoms with van der Waals surface area (Å²) in [5.74, 6) is -1.52. The van der Waals surface area contributed by atoms with E-state index in [1.807, 2.05) is 47.2 Å². The number of halogens is 2. The lowest BCUT2D eigenvalue weighted by Gasteiger charge is -2.29. The molecule has 0 radical (unpaired) electrons. The second-order valence-electron chi connectivity index (χ2n) is 6.23. The Hall–Kier alpha value is -2.34. The SMILES string of the molecule is O=C(O)C(Cc1ccccc1)N(Cc1ccsc1)C(=O)c1ccc(Cl)cc1Cl. The fourth-order valence-corrected chi connectivity index (χ4v) is 4.04. The van der Waals surface area contributed by atoms with Crippen LogP contribution in [0.4, 0.5) is 0 Å². The van der Waals surface area contributed by atoms with Crippen LogP contribution in [0.1, 0.15) is 21.5 Å². The third-order valence-electron chi connectivity index (χ3n) is 4.29. The average Bonchev–Trinajstić information content (AvgIpc) is 3.18. The molecule has 0 aliphatic heterocycles. The molecule has 0 saturated carbocycles. The van der Waals surface area contributed by atoms with Gasteiger partial charge in [-0.05, 0) is 46.2 Å². The summed E-state index contributed by atoms with van der Waals surface area (Å²) in [5.41, 5.74) is 1.92. The second kappa shape index (κ2) is 9.24. The number of carbonyl (C=O) groups is 2. The van der Waals surface area contributed by atoms with Crippen molar-refractivity contribution in [3.8, 4) is 0 Å². The minimum atomic E-state index is -1.07. The van der Waals surface area contributed by atoms with Crippen LogP contribution in [0.5, 0.6) is 0 Å². The van der Waals surface area contributed by atoms with Crippen molar-refractivity contribution >= 4 is 46.4 Å². The zero-order valence-electron chi connectivity index (χ0n) is 14.7. The molecule has 1 aromatic heterocycles. The summed E-state index contributed by atoms with van der Waals surface area (Å²) in [6.45, 7) is 0.172. The van der Waals surface area contributed by atoms with Gasteiger partial charge in [0.15, 0.2) is 0 Å². The molecule has 28 heavy (non-hydrogen) atoms. The topological polar surface area (TPSA) is 57.6 Å². The van der Waals surface area contributed by atoms with Crippen molar-refractivity contribution in [2.75, 3.05) is 0 Å². The highest BCUT2D eigenvalue weighted by molar-refractivity contribution is 7.07. The molecule has 0 spiro atoms. The van der Waals surface area contributed by atoms with Gasteiger partial charge in [-0.15, -0.1) is 0 Å². The molecular weight excluding hydrogens is 417 g/mol. The van der Waals surface area contributed by atoms with Crippen molar-refractivity contribution in [2.24, 2.45) is 0 Å². The summed E-state index contributed by atoms with van der Waals surface area (Å²) in [4.78, 5) is 26.7. The predicted octanol–water partition coefficient (Wildman–Crippen LogP) is 5.39. The number of aliphatic carboxylic acids is 1. The Kier molecular flexibility index (Phi) is 6.73. The molecule has 3 rings (SSSR count). The number of amides is 1. The number of carboxylic acids is 1. The summed E-state index contributed by atoms with van der Waals surface area (Å²) < 4.78 is 0. The van der Waals surface area contributed by atoms with Gasteiger partial charge in [0.25, 0.3) is 5.91 Å². The summed E-state index contributed by atoms with van der Waals surface area (Å²) in [7, 11) is 0. The van der Waals surface area contributed by atoms with Crippen LogP contribution in [0.25, 0.3) is 0 Å². The zero-order chi connectivity index (χ0) is 20.1. The van der Waals surface area contributed by atoms with Gasteiger partial charge >= 0.3 is 5.97 Å². The smallest absolute Gasteiger partial charge is 0.326 e. The molecule has 0 bridgehead atoms. The van der Waals surface area contributed by atoms with Crippen molar-refractivity contribution in [2.45, 2.75) is 19.0 Å². The quantitative estimate of drug-likeness (QED) is 0.542. The third-order valence-corrected chi connectivity index (χ3v) is 5.57. The molecule has 1 N–H and O–H groups in total. The van der Waals surface area contributed by atoms with Crippen molar-refractivity contribution in [3.63, 3.8) is 0 Å². The first-order valence-electron chi connectivity index (χ1n) is 8.49. The number of thiophene rings is 1. The normalized spacial score (nSPS) is 11.8. The van der Waals surface area contributed by atoms with Gasteiger partial charge in [-0.2, -0.15) is 11.3 Å². The molecule has 1 heterocycles. The lowest BCUT2D eigenvalue weighted by molar-refractivity contribution is -0.142. The molecule has 144 valence electrons. The maximum Gasteiger partial charge on any atom is 0.326 e. The fraction of sp³-hybridized carbons (Fsp3) is 0.143. The fourth-order valence-electron chi connectivity index (χ4n) is 2.89. The predicted molar refractivity (Wildman–Crippen MR) is 112 cm³/mol. The van der Waals surface area contributed by atoms with Crippen LogP contribution in [0.3, 0.4) is 0 Å². The first-order valence-corrected chi connectivity index (χ1v) is 10.2. The van der Waals surface area contributed by atoms with Crippen molar-refractivity contribution in [1.82, 2.24) is 4.90 Å². The molecule has 4 nitrogen and oxygen atoms in total. The number of rotatable bonds is 7. The molecule has 0 fully saturated rings. The maximum atomic E-state index is 13.3. The molecule has 0 saturated heterocycles. The summed E-state index contributed by atoms with van der Waals surface area (Å²) in [5, 5.41) is 14.3. The minimum Gasteiger partial charge on any atom is -0.480 e. The van der Waals surface area contributed by atoms with Gasteiger partial charge in [0, 0.05) is 18.0 Å². The number of hydrogen-bond donors (Lipinski definition) is 1. The Morgan fingerprint density at radius 2 is 1.79 bits per heavy atom. The van der Waals surface area contributed by atoms with Crippen LogP contribution in [0.2, 0.25) is 10.0 Å². The molecule has 0 aliphatic carbocycles. The second-order valence-corrected chi connectivity index (χ2v) is 7.86. The number of nitrogens with zero attached hydrogens (tertiary/aromatic N) is 1. The van der Waals surface area contributed by atoms with Gasteiger partial charge in [0.05, 0.1) is 10.6 Å². The highest BCUT2D eigenvalue weighted by Crippen LogP contribution is 2.25. The van der Waals surface area contributed by atoms with E-state index >= 15 is 0 Å². The molecule has 1 amide bonds. The lowest BCUT2D eigenvalue weighted by Crippen LogP contribution is -2.46. The lowest BCUT2D eigenvalue weighted by atomic mass is 10.0. The van der Waals surface area contributed by atoms with Gasteiger partial charge < -0.3 is 10.0 Å². The molecule has 2 aromatic carbocycles. The summed E-state index contributed by atoms with van der Waals surface area (Å²) in [6, 6.07) is 14.6. The van der Waals surface area contributed by atoms with E-state index in [4.69, 9.17) is 23.2 Å². The molecule has 7 heteroatoms. The minimum absolute atomic E-state index is 0.172. The number of benzene rings is 2. The first-order chi connectivity index (χ1) is 13.5. The molecule has 1 atom stereocenters.